The van der Waals surface area contributed by atoms with Gasteiger partial charge in [-0.05, 0) is 32.9 Å². The van der Waals surface area contributed by atoms with Gasteiger partial charge in [0.25, 0.3) is 11.8 Å². The normalized spacial score (nSPS) is 15.7. The van der Waals surface area contributed by atoms with Gasteiger partial charge in [-0.2, -0.15) is 0 Å². The lowest BCUT2D eigenvalue weighted by Crippen LogP contribution is -2.36. The summed E-state index contributed by atoms with van der Waals surface area (Å²) in [5.41, 5.74) is 12.4. The van der Waals surface area contributed by atoms with E-state index in [4.69, 9.17) is 11.5 Å². The second-order valence-corrected chi connectivity index (χ2v) is 7.95. The summed E-state index contributed by atoms with van der Waals surface area (Å²) in [5.74, 6) is -0.451. The second kappa shape index (κ2) is 9.59. The summed E-state index contributed by atoms with van der Waals surface area (Å²) < 4.78 is 0. The number of amides is 2. The average molecular weight is 432 g/mol. The molecule has 3 heterocycles. The van der Waals surface area contributed by atoms with Gasteiger partial charge < -0.3 is 16.8 Å². The first kappa shape index (κ1) is 21.6. The van der Waals surface area contributed by atoms with Crippen molar-refractivity contribution in [3.63, 3.8) is 0 Å². The number of carbonyl (C=O) groups is 2. The van der Waals surface area contributed by atoms with Gasteiger partial charge in [0.05, 0.1) is 12.2 Å². The molecule has 6 N–H and O–H groups in total. The zero-order valence-electron chi connectivity index (χ0n) is 16.9. The van der Waals surface area contributed by atoms with E-state index in [1.165, 1.54) is 19.6 Å². The molecule has 2 aromatic rings. The number of rotatable bonds is 6. The molecule has 1 fully saturated rings. The van der Waals surface area contributed by atoms with Crippen LogP contribution in [0.3, 0.4) is 0 Å². The van der Waals surface area contributed by atoms with Crippen LogP contribution in [0.25, 0.3) is 0 Å². The van der Waals surface area contributed by atoms with Crippen LogP contribution in [0.2, 0.25) is 0 Å². The molecule has 1 saturated heterocycles. The van der Waals surface area contributed by atoms with E-state index in [1.807, 2.05) is 0 Å². The summed E-state index contributed by atoms with van der Waals surface area (Å²) in [6.07, 6.45) is 4.97. The molecular formula is C18H25N9O2S. The van der Waals surface area contributed by atoms with Crippen LogP contribution in [0, 0.1) is 0 Å². The Hall–Kier alpha value is -3.12. The quantitative estimate of drug-likeness (QED) is 0.374. The fourth-order valence-corrected chi connectivity index (χ4v) is 3.91. The maximum atomic E-state index is 12.9. The SMILES string of the molecule is CN=C(N)NC(=O)c1cnc(C(C)NC(=O)c2ncnc(N)c2CN2CCCC2)s1. The molecule has 1 aliphatic heterocycles. The third-order valence-electron chi connectivity index (χ3n) is 4.72. The van der Waals surface area contributed by atoms with Crippen LogP contribution in [0.4, 0.5) is 5.82 Å². The van der Waals surface area contributed by atoms with E-state index >= 15 is 0 Å². The number of nitrogens with two attached hydrogens (primary N) is 2. The number of hydrogen-bond acceptors (Lipinski definition) is 9. The number of hydrogen-bond donors (Lipinski definition) is 4. The van der Waals surface area contributed by atoms with Gasteiger partial charge >= 0.3 is 0 Å². The highest BCUT2D eigenvalue weighted by Crippen LogP contribution is 2.22. The summed E-state index contributed by atoms with van der Waals surface area (Å²) >= 11 is 1.16. The lowest BCUT2D eigenvalue weighted by atomic mass is 10.1. The Labute approximate surface area is 178 Å². The first-order valence-electron chi connectivity index (χ1n) is 9.51. The van der Waals surface area contributed by atoms with Crippen molar-refractivity contribution in [3.8, 4) is 0 Å². The van der Waals surface area contributed by atoms with Crippen LogP contribution in [-0.4, -0.2) is 57.8 Å². The van der Waals surface area contributed by atoms with Gasteiger partial charge in [-0.3, -0.25) is 24.8 Å². The second-order valence-electron chi connectivity index (χ2n) is 6.89. The molecule has 30 heavy (non-hydrogen) atoms. The number of nitrogens with zero attached hydrogens (tertiary/aromatic N) is 5. The molecule has 11 nitrogen and oxygen atoms in total. The molecule has 0 bridgehead atoms. The van der Waals surface area contributed by atoms with Gasteiger partial charge in [-0.1, -0.05) is 0 Å². The van der Waals surface area contributed by atoms with Crippen molar-refractivity contribution in [2.45, 2.75) is 32.4 Å². The summed E-state index contributed by atoms with van der Waals surface area (Å²) in [5, 5.41) is 5.90. The highest BCUT2D eigenvalue weighted by Gasteiger charge is 2.23. The van der Waals surface area contributed by atoms with Crippen LogP contribution in [0.1, 0.15) is 56.5 Å². The van der Waals surface area contributed by atoms with Gasteiger partial charge in [-0.25, -0.2) is 15.0 Å². The van der Waals surface area contributed by atoms with Gasteiger partial charge in [0, 0.05) is 19.2 Å². The number of nitrogen functional groups attached to an aromatic ring is 1. The Morgan fingerprint density at radius 1 is 1.27 bits per heavy atom. The predicted molar refractivity (Wildman–Crippen MR) is 114 cm³/mol. The topological polar surface area (TPSA) is 165 Å². The monoisotopic (exact) mass is 431 g/mol. The average Bonchev–Trinajstić information content (AvgIpc) is 3.41. The fraction of sp³-hybridized carbons (Fsp3) is 0.444. The Kier molecular flexibility index (Phi) is 6.90. The van der Waals surface area contributed by atoms with Crippen LogP contribution in [0.15, 0.2) is 17.5 Å². The predicted octanol–water partition coefficient (Wildman–Crippen LogP) is 0.276. The highest BCUT2D eigenvalue weighted by molar-refractivity contribution is 7.13. The van der Waals surface area contributed by atoms with Crippen LogP contribution in [-0.2, 0) is 6.54 Å². The van der Waals surface area contributed by atoms with E-state index in [0.717, 1.165) is 37.3 Å². The third kappa shape index (κ3) is 5.07. The van der Waals surface area contributed by atoms with E-state index in [0.29, 0.717) is 27.8 Å². The van der Waals surface area contributed by atoms with Gasteiger partial charge in [0.1, 0.15) is 27.7 Å². The van der Waals surface area contributed by atoms with Gasteiger partial charge in [0.2, 0.25) is 0 Å². The Balaban J connectivity index is 1.70. The van der Waals surface area contributed by atoms with E-state index in [-0.39, 0.29) is 17.6 Å². The zero-order chi connectivity index (χ0) is 21.7. The number of aromatic nitrogens is 3. The largest absolute Gasteiger partial charge is 0.383 e. The van der Waals surface area contributed by atoms with Crippen molar-refractivity contribution in [1.82, 2.24) is 30.5 Å². The molecule has 0 spiro atoms. The number of carbonyl (C=O) groups excluding carboxylic acids is 2. The molecule has 0 saturated carbocycles. The molecule has 1 atom stereocenters. The Morgan fingerprint density at radius 2 is 2.00 bits per heavy atom. The van der Waals surface area contributed by atoms with E-state index in [9.17, 15) is 9.59 Å². The molecule has 1 unspecified atom stereocenters. The van der Waals surface area contributed by atoms with Crippen LogP contribution in [0.5, 0.6) is 0 Å². The molecule has 0 aliphatic carbocycles. The van der Waals surface area contributed by atoms with Crippen LogP contribution < -0.4 is 22.1 Å². The molecule has 12 heteroatoms. The van der Waals surface area contributed by atoms with Crippen molar-refractivity contribution >= 4 is 34.9 Å². The number of likely N-dealkylation sites (tertiary alicyclic amines) is 1. The lowest BCUT2D eigenvalue weighted by Gasteiger charge is -2.18. The molecule has 2 aromatic heterocycles. The molecule has 1 aliphatic rings. The summed E-state index contributed by atoms with van der Waals surface area (Å²) in [6, 6.07) is -0.433. The third-order valence-corrected chi connectivity index (χ3v) is 5.90. The Morgan fingerprint density at radius 3 is 2.70 bits per heavy atom. The van der Waals surface area contributed by atoms with Gasteiger partial charge in [-0.15, -0.1) is 11.3 Å². The molecule has 2 amide bonds. The first-order valence-corrected chi connectivity index (χ1v) is 10.3. The van der Waals surface area contributed by atoms with Crippen molar-refractivity contribution in [2.75, 3.05) is 25.9 Å². The van der Waals surface area contributed by atoms with Crippen molar-refractivity contribution in [2.24, 2.45) is 10.7 Å². The number of thiazole rings is 1. The minimum absolute atomic E-state index is 0.0168. The first-order chi connectivity index (χ1) is 14.4. The molecular weight excluding hydrogens is 406 g/mol. The van der Waals surface area contributed by atoms with E-state index in [2.05, 4.69) is 35.5 Å². The number of aliphatic imine (C=N–C) groups is 1. The smallest absolute Gasteiger partial charge is 0.270 e. The summed E-state index contributed by atoms with van der Waals surface area (Å²) in [7, 11) is 1.48. The lowest BCUT2D eigenvalue weighted by molar-refractivity contribution is 0.0931. The minimum Gasteiger partial charge on any atom is -0.383 e. The summed E-state index contributed by atoms with van der Waals surface area (Å²) in [6.45, 7) is 4.24. The number of anilines is 1. The van der Waals surface area contributed by atoms with Crippen LogP contribution >= 0.6 is 11.3 Å². The Bertz CT molecular complexity index is 953. The minimum atomic E-state index is -0.433. The van der Waals surface area contributed by atoms with Crippen molar-refractivity contribution in [1.29, 1.82) is 0 Å². The molecule has 0 aromatic carbocycles. The fourth-order valence-electron chi connectivity index (χ4n) is 3.10. The van der Waals surface area contributed by atoms with Crippen molar-refractivity contribution < 1.29 is 9.59 Å². The van der Waals surface area contributed by atoms with Gasteiger partial charge in [0.15, 0.2) is 5.96 Å². The maximum absolute atomic E-state index is 12.9. The summed E-state index contributed by atoms with van der Waals surface area (Å²) in [4.78, 5) is 43.7. The van der Waals surface area contributed by atoms with Crippen molar-refractivity contribution in [3.05, 3.63) is 33.7 Å². The van der Waals surface area contributed by atoms with E-state index in [1.54, 1.807) is 6.92 Å². The zero-order valence-corrected chi connectivity index (χ0v) is 17.7. The number of guanidine groups is 1. The maximum Gasteiger partial charge on any atom is 0.270 e. The highest BCUT2D eigenvalue weighted by atomic mass is 32.1. The number of nitrogens with one attached hydrogen (secondary N) is 2. The molecule has 0 radical (unpaired) electrons. The molecule has 160 valence electrons. The standard InChI is InChI=1S/C18H25N9O2S/c1-10(17-22-7-12(30-17)15(28)26-18(20)21-2)25-16(29)13-11(14(19)24-9-23-13)8-27-5-3-4-6-27/h7,9-10H,3-6,8H2,1-2H3,(H,25,29)(H2,19,23,24)(H3,20,21,26,28). The molecule has 3 rings (SSSR count). The van der Waals surface area contributed by atoms with E-state index < -0.39 is 11.9 Å².